The molecular weight excluding hydrogens is 562 g/mol. The first-order valence-corrected chi connectivity index (χ1v) is 14.2. The molecule has 4 N–H and O–H groups in total. The van der Waals surface area contributed by atoms with Gasteiger partial charge in [-0.3, -0.25) is 4.90 Å². The van der Waals surface area contributed by atoms with E-state index in [1.165, 1.54) is 5.56 Å². The predicted molar refractivity (Wildman–Crippen MR) is 156 cm³/mol. The van der Waals surface area contributed by atoms with Gasteiger partial charge in [0.25, 0.3) is 0 Å². The van der Waals surface area contributed by atoms with Gasteiger partial charge in [-0.05, 0) is 71.1 Å². The van der Waals surface area contributed by atoms with E-state index in [0.29, 0.717) is 24.5 Å². The summed E-state index contributed by atoms with van der Waals surface area (Å²) in [7, 11) is 1.66. The Labute approximate surface area is 237 Å². The zero-order valence-electron chi connectivity index (χ0n) is 22.4. The van der Waals surface area contributed by atoms with Gasteiger partial charge in [0, 0.05) is 44.1 Å². The molecular formula is C29H36BrN5O4. The minimum absolute atomic E-state index is 0.622. The van der Waals surface area contributed by atoms with Crippen molar-refractivity contribution in [2.45, 2.75) is 26.0 Å². The van der Waals surface area contributed by atoms with Gasteiger partial charge in [0.2, 0.25) is 0 Å². The summed E-state index contributed by atoms with van der Waals surface area (Å²) in [6.45, 7) is 7.99. The second-order valence-corrected chi connectivity index (χ2v) is 10.6. The van der Waals surface area contributed by atoms with Crippen LogP contribution in [0, 0.1) is 6.92 Å². The number of methoxy groups -OCH3 is 1. The van der Waals surface area contributed by atoms with Gasteiger partial charge in [0.1, 0.15) is 17.3 Å². The van der Waals surface area contributed by atoms with Gasteiger partial charge in [-0.25, -0.2) is 4.98 Å². The van der Waals surface area contributed by atoms with Crippen molar-refractivity contribution in [2.24, 2.45) is 0 Å². The SMILES string of the molecule is COc1ccc(CCNC2=C(c3nc4c(C)cc(OCCCN5CCOCC5)cc4[nH]3)C(O)NC=C2)cc1Br. The van der Waals surface area contributed by atoms with E-state index in [0.717, 1.165) is 84.0 Å². The number of nitrogens with zero attached hydrogens (tertiary/aromatic N) is 2. The Morgan fingerprint density at radius 2 is 2.08 bits per heavy atom. The third-order valence-electron chi connectivity index (χ3n) is 7.01. The van der Waals surface area contributed by atoms with Gasteiger partial charge >= 0.3 is 0 Å². The number of benzene rings is 2. The number of morpholine rings is 1. The number of imidazole rings is 1. The van der Waals surface area contributed by atoms with Crippen molar-refractivity contribution in [1.82, 2.24) is 25.5 Å². The van der Waals surface area contributed by atoms with Crippen LogP contribution in [0.25, 0.3) is 16.6 Å². The predicted octanol–water partition coefficient (Wildman–Crippen LogP) is 3.72. The summed E-state index contributed by atoms with van der Waals surface area (Å²) in [6, 6.07) is 10.1. The molecule has 208 valence electrons. The van der Waals surface area contributed by atoms with Crippen LogP contribution in [-0.4, -0.2) is 79.3 Å². The summed E-state index contributed by atoms with van der Waals surface area (Å²) < 4.78 is 17.8. The number of hydrogen-bond acceptors (Lipinski definition) is 8. The second-order valence-electron chi connectivity index (χ2n) is 9.75. The highest BCUT2D eigenvalue weighted by molar-refractivity contribution is 9.10. The maximum atomic E-state index is 10.8. The quantitative estimate of drug-likeness (QED) is 0.248. The lowest BCUT2D eigenvalue weighted by Crippen LogP contribution is -2.37. The van der Waals surface area contributed by atoms with E-state index in [1.807, 2.05) is 31.2 Å². The summed E-state index contributed by atoms with van der Waals surface area (Å²) in [5, 5.41) is 17.3. The van der Waals surface area contributed by atoms with Gasteiger partial charge in [-0.2, -0.15) is 0 Å². The van der Waals surface area contributed by atoms with Gasteiger partial charge < -0.3 is 34.9 Å². The molecule has 0 radical (unpaired) electrons. The van der Waals surface area contributed by atoms with Crippen LogP contribution in [-0.2, 0) is 11.2 Å². The van der Waals surface area contributed by atoms with Crippen LogP contribution in [0.2, 0.25) is 0 Å². The average Bonchev–Trinajstić information content (AvgIpc) is 3.36. The van der Waals surface area contributed by atoms with Crippen molar-refractivity contribution < 1.29 is 19.3 Å². The van der Waals surface area contributed by atoms with Gasteiger partial charge in [-0.1, -0.05) is 6.07 Å². The van der Waals surface area contributed by atoms with Gasteiger partial charge in [0.15, 0.2) is 6.23 Å². The molecule has 0 aliphatic carbocycles. The van der Waals surface area contributed by atoms with Crippen molar-refractivity contribution in [1.29, 1.82) is 0 Å². The number of fused-ring (bicyclic) bond motifs is 1. The minimum atomic E-state index is -0.885. The standard InChI is InChI=1S/C29H36BrN5O4/c1-19-16-21(39-13-3-10-35-11-14-38-15-12-35)18-24-27(19)34-28(33-24)26-23(7-9-32-29(26)36)31-8-6-20-4-5-25(37-2)22(30)17-20/h4-5,7,9,16-18,29,31-32,36H,3,6,8,10-15H2,1-2H3,(H,33,34). The van der Waals surface area contributed by atoms with Crippen LogP contribution in [0.3, 0.4) is 0 Å². The average molecular weight is 599 g/mol. The fraction of sp³-hybridized carbons (Fsp3) is 0.414. The maximum Gasteiger partial charge on any atom is 0.156 e. The van der Waals surface area contributed by atoms with Crippen LogP contribution in [0.4, 0.5) is 0 Å². The fourth-order valence-corrected chi connectivity index (χ4v) is 5.52. The molecule has 2 aliphatic heterocycles. The molecule has 0 saturated carbocycles. The summed E-state index contributed by atoms with van der Waals surface area (Å²) >= 11 is 3.55. The van der Waals surface area contributed by atoms with Crippen LogP contribution >= 0.6 is 15.9 Å². The molecule has 0 spiro atoms. The molecule has 0 bridgehead atoms. The molecule has 39 heavy (non-hydrogen) atoms. The lowest BCUT2D eigenvalue weighted by molar-refractivity contribution is 0.0358. The molecule has 2 aliphatic rings. The number of ether oxygens (including phenoxy) is 3. The van der Waals surface area contributed by atoms with E-state index in [4.69, 9.17) is 19.2 Å². The Hall–Kier alpha value is -3.05. The summed E-state index contributed by atoms with van der Waals surface area (Å²) in [5.41, 5.74) is 5.44. The van der Waals surface area contributed by atoms with E-state index in [2.05, 4.69) is 48.6 Å². The molecule has 5 rings (SSSR count). The number of rotatable bonds is 11. The first kappa shape index (κ1) is 27.5. The molecule has 1 aromatic heterocycles. The maximum absolute atomic E-state index is 10.8. The van der Waals surface area contributed by atoms with Crippen molar-refractivity contribution in [3.05, 3.63) is 69.7 Å². The number of aliphatic hydroxyl groups excluding tert-OH is 1. The summed E-state index contributed by atoms with van der Waals surface area (Å²) in [5.74, 6) is 2.25. The molecule has 9 nitrogen and oxygen atoms in total. The van der Waals surface area contributed by atoms with Crippen LogP contribution in [0.1, 0.15) is 23.4 Å². The number of allylic oxidation sites excluding steroid dienone is 1. The first-order valence-electron chi connectivity index (χ1n) is 13.4. The monoisotopic (exact) mass is 597 g/mol. The van der Waals surface area contributed by atoms with E-state index < -0.39 is 6.23 Å². The molecule has 3 heterocycles. The number of H-pyrrole nitrogens is 1. The molecule has 1 atom stereocenters. The number of halogens is 1. The Balaban J connectivity index is 1.27. The highest BCUT2D eigenvalue weighted by Crippen LogP contribution is 2.29. The third kappa shape index (κ3) is 6.75. The number of aromatic nitrogens is 2. The van der Waals surface area contributed by atoms with E-state index in [-0.39, 0.29) is 0 Å². The Bertz CT molecular complexity index is 1350. The Kier molecular flexibility index (Phi) is 9.08. The fourth-order valence-electron chi connectivity index (χ4n) is 4.93. The molecule has 1 fully saturated rings. The smallest absolute Gasteiger partial charge is 0.156 e. The van der Waals surface area contributed by atoms with Crippen LogP contribution < -0.4 is 20.1 Å². The zero-order chi connectivity index (χ0) is 27.2. The molecule has 2 aromatic carbocycles. The van der Waals surface area contributed by atoms with E-state index in [9.17, 15) is 5.11 Å². The lowest BCUT2D eigenvalue weighted by atomic mass is 10.1. The van der Waals surface area contributed by atoms with Gasteiger partial charge in [0.05, 0.1) is 48.0 Å². The lowest BCUT2D eigenvalue weighted by Gasteiger charge is -2.26. The topological polar surface area (TPSA) is 104 Å². The molecule has 3 aromatic rings. The molecule has 10 heteroatoms. The number of aliphatic hydroxyl groups is 1. The number of aromatic amines is 1. The highest BCUT2D eigenvalue weighted by atomic mass is 79.9. The van der Waals surface area contributed by atoms with Crippen molar-refractivity contribution in [3.8, 4) is 11.5 Å². The number of dihydropyridines is 1. The molecule has 1 unspecified atom stereocenters. The number of hydrogen-bond donors (Lipinski definition) is 4. The zero-order valence-corrected chi connectivity index (χ0v) is 24.0. The Morgan fingerprint density at radius 3 is 2.87 bits per heavy atom. The third-order valence-corrected chi connectivity index (χ3v) is 7.63. The van der Waals surface area contributed by atoms with Crippen LogP contribution in [0.5, 0.6) is 11.5 Å². The normalized spacial score (nSPS) is 17.9. The first-order chi connectivity index (χ1) is 19.0. The number of nitrogens with one attached hydrogen (secondary N) is 3. The minimum Gasteiger partial charge on any atom is -0.496 e. The van der Waals surface area contributed by atoms with Crippen molar-refractivity contribution in [3.63, 3.8) is 0 Å². The summed E-state index contributed by atoms with van der Waals surface area (Å²) in [6.07, 6.45) is 4.56. The number of aryl methyl sites for hydroxylation is 1. The van der Waals surface area contributed by atoms with Gasteiger partial charge in [-0.15, -0.1) is 0 Å². The molecule has 1 saturated heterocycles. The largest absolute Gasteiger partial charge is 0.496 e. The van der Waals surface area contributed by atoms with Crippen LogP contribution in [0.15, 0.2) is 52.8 Å². The Morgan fingerprint density at radius 1 is 1.23 bits per heavy atom. The summed E-state index contributed by atoms with van der Waals surface area (Å²) in [4.78, 5) is 10.7. The van der Waals surface area contributed by atoms with Crippen molar-refractivity contribution >= 4 is 32.5 Å². The highest BCUT2D eigenvalue weighted by Gasteiger charge is 2.23. The molecule has 0 amide bonds. The second kappa shape index (κ2) is 12.9. The van der Waals surface area contributed by atoms with E-state index in [1.54, 1.807) is 13.3 Å². The van der Waals surface area contributed by atoms with Crippen molar-refractivity contribution in [2.75, 3.05) is 53.1 Å². The van der Waals surface area contributed by atoms with E-state index >= 15 is 0 Å².